The summed E-state index contributed by atoms with van der Waals surface area (Å²) in [4.78, 5) is 13.0. The van der Waals surface area contributed by atoms with Crippen molar-refractivity contribution in [3.8, 4) is 40.5 Å². The smallest absolute Gasteiger partial charge is 0.504 e. The van der Waals surface area contributed by atoms with E-state index in [4.69, 9.17) is 16.3 Å². The molecule has 3 aromatic heterocycles. The Kier molecular flexibility index (Phi) is 7.77. The number of rotatable bonds is 5. The van der Waals surface area contributed by atoms with Crippen LogP contribution in [0.2, 0.25) is 0 Å². The summed E-state index contributed by atoms with van der Waals surface area (Å²) in [6.07, 6.45) is 1.73. The van der Waals surface area contributed by atoms with Crippen LogP contribution in [0.1, 0.15) is 22.5 Å². The number of hydrogen-bond acceptors (Lipinski definition) is 5. The normalized spacial score (nSPS) is 10.8. The first kappa shape index (κ1) is 29.5. The van der Waals surface area contributed by atoms with Crippen molar-refractivity contribution in [2.45, 2.75) is 20.8 Å². The number of pyridine rings is 1. The van der Waals surface area contributed by atoms with Gasteiger partial charge in [0.25, 0.3) is 0 Å². The van der Waals surface area contributed by atoms with Gasteiger partial charge in [0, 0.05) is 23.2 Å². The first-order valence-corrected chi connectivity index (χ1v) is 13.9. The van der Waals surface area contributed by atoms with Gasteiger partial charge in [-0.2, -0.15) is 10.4 Å². The Morgan fingerprint density at radius 1 is 0.911 bits per heavy atom. The molecule has 0 atom stereocenters. The van der Waals surface area contributed by atoms with Crippen molar-refractivity contribution >= 4 is 27.5 Å². The van der Waals surface area contributed by atoms with Gasteiger partial charge in [-0.3, -0.25) is 14.5 Å². The zero-order valence-electron chi connectivity index (χ0n) is 24.4. The largest absolute Gasteiger partial charge is 2.00 e. The summed E-state index contributed by atoms with van der Waals surface area (Å²) >= 11 is 0. The number of nitrogens with zero attached hydrogens (tertiary/aromatic N) is 7. The number of hydrogen-bond donors (Lipinski definition) is 0. The molecule has 9 heteroatoms. The van der Waals surface area contributed by atoms with Gasteiger partial charge in [-0.15, -0.1) is 23.8 Å². The average Bonchev–Trinajstić information content (AvgIpc) is 3.58. The van der Waals surface area contributed by atoms with Crippen LogP contribution in [0.25, 0.3) is 49.5 Å². The Labute approximate surface area is 274 Å². The van der Waals surface area contributed by atoms with E-state index in [1.54, 1.807) is 29.1 Å². The minimum atomic E-state index is 0. The van der Waals surface area contributed by atoms with Crippen LogP contribution in [-0.2, 0) is 21.1 Å². The predicted octanol–water partition coefficient (Wildman–Crippen LogP) is 8.16. The standard InChI is InChI=1S/C36H23N7O.Pt/c1-22-10-9-11-23(2)35(22)43-36(40-24(3)41-43)25-16-27(38-4)19-28(17-25)44-29-18-26(21-37)34-30-12-5-6-13-31(30)42(32(34)20-29)33-14-7-8-15-39-33;/h5-16,18-19H,1-3H3;/q-2;+2. The van der Waals surface area contributed by atoms with Gasteiger partial charge in [-0.05, 0) is 61.0 Å². The van der Waals surface area contributed by atoms with Crippen LogP contribution in [0.5, 0.6) is 11.5 Å². The third kappa shape index (κ3) is 5.16. The Bertz CT molecular complexity index is 2300. The van der Waals surface area contributed by atoms with Gasteiger partial charge in [0.1, 0.15) is 17.3 Å². The molecule has 0 radical (unpaired) electrons. The van der Waals surface area contributed by atoms with E-state index in [1.807, 2.05) is 86.0 Å². The summed E-state index contributed by atoms with van der Waals surface area (Å²) in [5.74, 6) is 2.43. The van der Waals surface area contributed by atoms with Crippen molar-refractivity contribution in [2.24, 2.45) is 0 Å². The molecule has 0 spiro atoms. The van der Waals surface area contributed by atoms with Crippen molar-refractivity contribution in [3.63, 3.8) is 0 Å². The first-order chi connectivity index (χ1) is 21.4. The zero-order valence-corrected chi connectivity index (χ0v) is 26.7. The second-order valence-corrected chi connectivity index (χ2v) is 10.4. The van der Waals surface area contributed by atoms with Gasteiger partial charge < -0.3 is 9.30 Å². The summed E-state index contributed by atoms with van der Waals surface area (Å²) in [6.45, 7) is 13.7. The van der Waals surface area contributed by atoms with Crippen LogP contribution in [-0.4, -0.2) is 24.3 Å². The van der Waals surface area contributed by atoms with E-state index < -0.39 is 0 Å². The van der Waals surface area contributed by atoms with Crippen LogP contribution in [0.15, 0.2) is 85.1 Å². The second kappa shape index (κ2) is 11.8. The topological polar surface area (TPSA) is 85.9 Å². The van der Waals surface area contributed by atoms with Crippen LogP contribution in [0.4, 0.5) is 5.69 Å². The summed E-state index contributed by atoms with van der Waals surface area (Å²) in [5.41, 5.74) is 5.92. The monoisotopic (exact) mass is 764 g/mol. The maximum absolute atomic E-state index is 10.2. The number of aryl methyl sites for hydroxylation is 3. The quantitative estimate of drug-likeness (QED) is 0.165. The minimum absolute atomic E-state index is 0. The third-order valence-corrected chi connectivity index (χ3v) is 7.44. The van der Waals surface area contributed by atoms with Gasteiger partial charge >= 0.3 is 21.1 Å². The van der Waals surface area contributed by atoms with Crippen LogP contribution >= 0.6 is 0 Å². The molecule has 8 nitrogen and oxygen atoms in total. The molecule has 7 rings (SSSR count). The molecule has 0 saturated carbocycles. The van der Waals surface area contributed by atoms with E-state index in [1.165, 1.54) is 0 Å². The number of fused-ring (bicyclic) bond motifs is 3. The number of aromatic nitrogens is 5. The SMILES string of the molecule is [C-]#[N+]c1cc(Oc2[c-]c3c(c(C#N)c2)c2ccccc2n3-c2ccccn2)[c-]c(-c2nc(C)nn2-c2c(C)cccc2C)c1.[Pt+2]. The summed E-state index contributed by atoms with van der Waals surface area (Å²) in [5, 5.41) is 16.6. The molecule has 0 aliphatic rings. The molecule has 0 amide bonds. The number of nitriles is 1. The maximum Gasteiger partial charge on any atom is 2.00 e. The molecule has 0 aliphatic carbocycles. The fourth-order valence-corrected chi connectivity index (χ4v) is 5.63. The molecular weight excluding hydrogens is 742 g/mol. The van der Waals surface area contributed by atoms with Crippen molar-refractivity contribution in [1.82, 2.24) is 24.3 Å². The molecule has 0 bridgehead atoms. The Morgan fingerprint density at radius 3 is 2.40 bits per heavy atom. The summed E-state index contributed by atoms with van der Waals surface area (Å²) in [6, 6.07) is 33.6. The van der Waals surface area contributed by atoms with Gasteiger partial charge in [-0.25, -0.2) is 4.98 Å². The molecule has 0 fully saturated rings. The van der Waals surface area contributed by atoms with Crippen molar-refractivity contribution in [3.05, 3.63) is 131 Å². The van der Waals surface area contributed by atoms with Crippen molar-refractivity contribution in [2.75, 3.05) is 0 Å². The van der Waals surface area contributed by atoms with Gasteiger partial charge in [0.15, 0.2) is 0 Å². The Balaban J connectivity index is 0.00000357. The molecule has 0 N–H and O–H groups in total. The molecule has 45 heavy (non-hydrogen) atoms. The fourth-order valence-electron chi connectivity index (χ4n) is 5.63. The van der Waals surface area contributed by atoms with E-state index in [-0.39, 0.29) is 21.1 Å². The van der Waals surface area contributed by atoms with E-state index in [9.17, 15) is 5.26 Å². The molecular formula is C36H23N7OPt. The second-order valence-electron chi connectivity index (χ2n) is 10.4. The molecule has 0 aliphatic heterocycles. The molecule has 218 valence electrons. The third-order valence-electron chi connectivity index (χ3n) is 7.44. The molecule has 0 saturated heterocycles. The number of para-hydroxylation sites is 2. The van der Waals surface area contributed by atoms with Crippen molar-refractivity contribution in [1.29, 1.82) is 5.26 Å². The van der Waals surface area contributed by atoms with Gasteiger partial charge in [0.2, 0.25) is 0 Å². The van der Waals surface area contributed by atoms with E-state index in [0.717, 1.165) is 33.1 Å². The number of benzene rings is 4. The van der Waals surface area contributed by atoms with Gasteiger partial charge in [-0.1, -0.05) is 65.5 Å². The van der Waals surface area contributed by atoms with Gasteiger partial charge in [0.05, 0.1) is 24.2 Å². The molecule has 0 unspecified atom stereocenters. The van der Waals surface area contributed by atoms with Crippen molar-refractivity contribution < 1.29 is 25.8 Å². The first-order valence-electron chi connectivity index (χ1n) is 13.9. The minimum Gasteiger partial charge on any atom is -0.504 e. The van der Waals surface area contributed by atoms with Crippen LogP contribution in [0.3, 0.4) is 0 Å². The fraction of sp³-hybridized carbons (Fsp3) is 0.0833. The predicted molar refractivity (Wildman–Crippen MR) is 168 cm³/mol. The van der Waals surface area contributed by atoms with E-state index in [2.05, 4.69) is 33.1 Å². The van der Waals surface area contributed by atoms with Crippen LogP contribution < -0.4 is 4.74 Å². The zero-order chi connectivity index (χ0) is 30.4. The summed E-state index contributed by atoms with van der Waals surface area (Å²) in [7, 11) is 0. The molecule has 4 aromatic carbocycles. The summed E-state index contributed by atoms with van der Waals surface area (Å²) < 4.78 is 10.1. The average molecular weight is 765 g/mol. The van der Waals surface area contributed by atoms with E-state index in [0.29, 0.717) is 51.3 Å². The van der Waals surface area contributed by atoms with Crippen LogP contribution in [0, 0.1) is 50.8 Å². The molecule has 7 aromatic rings. The molecule has 3 heterocycles. The Morgan fingerprint density at radius 2 is 1.67 bits per heavy atom. The maximum atomic E-state index is 10.2. The van der Waals surface area contributed by atoms with E-state index >= 15 is 0 Å². The number of ether oxygens (including phenoxy) is 1. The Hall–Kier alpha value is -5.56.